The molecule has 0 atom stereocenters. The number of nitrogens with zero attached hydrogens (tertiary/aromatic N) is 4. The average Bonchev–Trinajstić information content (AvgIpc) is 3.57. The van der Waals surface area contributed by atoms with Gasteiger partial charge in [0, 0.05) is 27.9 Å². The fourth-order valence-electron chi connectivity index (χ4n) is 3.46. The largest absolute Gasteiger partial charge is 0.457 e. The summed E-state index contributed by atoms with van der Waals surface area (Å²) < 4.78 is 7.48. The fourth-order valence-corrected chi connectivity index (χ4v) is 5.06. The summed E-state index contributed by atoms with van der Waals surface area (Å²) in [4.78, 5) is 13.2. The van der Waals surface area contributed by atoms with E-state index in [1.165, 1.54) is 17.4 Å². The van der Waals surface area contributed by atoms with Gasteiger partial charge in [0.25, 0.3) is 0 Å². The molecule has 0 radical (unpaired) electrons. The minimum absolute atomic E-state index is 0.164. The number of aryl methyl sites for hydroxylation is 2. The Morgan fingerprint density at radius 3 is 2.73 bits per heavy atom. The minimum atomic E-state index is -0.405. The lowest BCUT2D eigenvalue weighted by Gasteiger charge is -2.12. The molecule has 0 aliphatic heterocycles. The summed E-state index contributed by atoms with van der Waals surface area (Å²) in [5.41, 5.74) is 3.31. The molecule has 37 heavy (non-hydrogen) atoms. The number of fused-ring (bicyclic) bond motifs is 1. The maximum absolute atomic E-state index is 12.4. The van der Waals surface area contributed by atoms with E-state index < -0.39 is 5.91 Å². The Bertz CT molecular complexity index is 1690. The third kappa shape index (κ3) is 5.57. The predicted octanol–water partition coefficient (Wildman–Crippen LogP) is 6.56. The van der Waals surface area contributed by atoms with Crippen molar-refractivity contribution in [3.8, 4) is 21.9 Å². The van der Waals surface area contributed by atoms with Crippen LogP contribution in [0.4, 0.5) is 5.69 Å². The molecule has 5 aromatic rings. The predicted molar refractivity (Wildman–Crippen MR) is 151 cm³/mol. The zero-order chi connectivity index (χ0) is 26.1. The highest BCUT2D eigenvalue weighted by molar-refractivity contribution is 7.80. The van der Waals surface area contributed by atoms with E-state index in [0.29, 0.717) is 27.1 Å². The van der Waals surface area contributed by atoms with Crippen molar-refractivity contribution in [3.05, 3.63) is 81.8 Å². The molecule has 8 nitrogen and oxygen atoms in total. The van der Waals surface area contributed by atoms with Crippen LogP contribution in [0.5, 0.6) is 0 Å². The lowest BCUT2D eigenvalue weighted by atomic mass is 10.1. The van der Waals surface area contributed by atoms with E-state index in [2.05, 4.69) is 25.9 Å². The van der Waals surface area contributed by atoms with Gasteiger partial charge in [0.2, 0.25) is 10.9 Å². The average molecular weight is 569 g/mol. The SMILES string of the molecule is Cc1ccc(-c2nn3c(C)nnc3s2)cc1NC(=S)NC(=O)/C=C/c1ccc(-c2ccc(Cl)cc2Cl)o1. The number of benzene rings is 2. The molecule has 3 aromatic heterocycles. The molecule has 0 saturated carbocycles. The lowest BCUT2D eigenvalue weighted by Crippen LogP contribution is -2.33. The maximum atomic E-state index is 12.4. The third-order valence-electron chi connectivity index (χ3n) is 5.34. The summed E-state index contributed by atoms with van der Waals surface area (Å²) in [6, 6.07) is 14.5. The summed E-state index contributed by atoms with van der Waals surface area (Å²) in [5, 5.41) is 20.4. The molecule has 12 heteroatoms. The van der Waals surface area contributed by atoms with Gasteiger partial charge in [0.1, 0.15) is 16.5 Å². The van der Waals surface area contributed by atoms with Crippen LogP contribution in [0.1, 0.15) is 17.1 Å². The molecule has 0 unspecified atom stereocenters. The number of hydrogen-bond acceptors (Lipinski definition) is 7. The number of nitrogens with one attached hydrogen (secondary N) is 2. The lowest BCUT2D eigenvalue weighted by molar-refractivity contribution is -0.115. The second kappa shape index (κ2) is 10.4. The van der Waals surface area contributed by atoms with Crippen LogP contribution in [0.15, 0.2) is 59.0 Å². The molecular formula is C25H18Cl2N6O2S2. The van der Waals surface area contributed by atoms with E-state index >= 15 is 0 Å². The van der Waals surface area contributed by atoms with Gasteiger partial charge in [-0.05, 0) is 74.1 Å². The highest BCUT2D eigenvalue weighted by atomic mass is 35.5. The van der Waals surface area contributed by atoms with Gasteiger partial charge >= 0.3 is 0 Å². The molecule has 0 fully saturated rings. The highest BCUT2D eigenvalue weighted by Gasteiger charge is 2.13. The molecular weight excluding hydrogens is 551 g/mol. The smallest absolute Gasteiger partial charge is 0.250 e. The third-order valence-corrected chi connectivity index (χ3v) is 7.04. The number of carbonyl (C=O) groups is 1. The van der Waals surface area contributed by atoms with Gasteiger partial charge in [-0.25, -0.2) is 0 Å². The molecule has 3 heterocycles. The number of furan rings is 1. The van der Waals surface area contributed by atoms with Crippen LogP contribution >= 0.6 is 46.8 Å². The summed E-state index contributed by atoms with van der Waals surface area (Å²) in [6.45, 7) is 3.79. The first-order chi connectivity index (χ1) is 17.8. The number of anilines is 1. The molecule has 1 amide bonds. The van der Waals surface area contributed by atoms with Crippen LogP contribution in [0.2, 0.25) is 10.0 Å². The van der Waals surface area contributed by atoms with Crippen LogP contribution in [0.25, 0.3) is 32.9 Å². The molecule has 0 saturated heterocycles. The number of aromatic nitrogens is 4. The zero-order valence-corrected chi connectivity index (χ0v) is 22.6. The highest BCUT2D eigenvalue weighted by Crippen LogP contribution is 2.32. The van der Waals surface area contributed by atoms with Gasteiger partial charge in [-0.15, -0.1) is 10.2 Å². The van der Waals surface area contributed by atoms with Crippen molar-refractivity contribution in [3.63, 3.8) is 0 Å². The van der Waals surface area contributed by atoms with E-state index in [9.17, 15) is 4.79 Å². The first kappa shape index (κ1) is 25.1. The zero-order valence-electron chi connectivity index (χ0n) is 19.5. The van der Waals surface area contributed by atoms with Gasteiger partial charge < -0.3 is 9.73 Å². The van der Waals surface area contributed by atoms with Crippen LogP contribution in [0.3, 0.4) is 0 Å². The van der Waals surface area contributed by atoms with E-state index in [4.69, 9.17) is 39.8 Å². The van der Waals surface area contributed by atoms with Crippen molar-refractivity contribution in [1.29, 1.82) is 0 Å². The quantitative estimate of drug-likeness (QED) is 0.183. The van der Waals surface area contributed by atoms with Crippen molar-refractivity contribution >= 4 is 74.5 Å². The number of halogens is 2. The Hall–Kier alpha value is -3.57. The Morgan fingerprint density at radius 2 is 1.95 bits per heavy atom. The maximum Gasteiger partial charge on any atom is 0.250 e. The Labute approximate surface area is 230 Å². The van der Waals surface area contributed by atoms with Crippen LogP contribution < -0.4 is 10.6 Å². The molecule has 5 rings (SSSR count). The summed E-state index contributed by atoms with van der Waals surface area (Å²) in [5.74, 6) is 1.37. The van der Waals surface area contributed by atoms with Gasteiger partial charge in [-0.1, -0.05) is 46.7 Å². The van der Waals surface area contributed by atoms with E-state index in [1.807, 2.05) is 32.0 Å². The monoisotopic (exact) mass is 568 g/mol. The van der Waals surface area contributed by atoms with Gasteiger partial charge in [0.05, 0.1) is 5.02 Å². The van der Waals surface area contributed by atoms with Gasteiger partial charge in [-0.3, -0.25) is 10.1 Å². The fraction of sp³-hybridized carbons (Fsp3) is 0.0800. The molecule has 0 bridgehead atoms. The van der Waals surface area contributed by atoms with Gasteiger partial charge in [0.15, 0.2) is 10.9 Å². The van der Waals surface area contributed by atoms with Crippen LogP contribution in [-0.4, -0.2) is 30.8 Å². The van der Waals surface area contributed by atoms with Crippen molar-refractivity contribution in [1.82, 2.24) is 25.1 Å². The number of carbonyl (C=O) groups excluding carboxylic acids is 1. The van der Waals surface area contributed by atoms with Crippen LogP contribution in [0, 0.1) is 13.8 Å². The molecule has 186 valence electrons. The van der Waals surface area contributed by atoms with Gasteiger partial charge in [-0.2, -0.15) is 9.61 Å². The molecule has 2 N–H and O–H groups in total. The van der Waals surface area contributed by atoms with Crippen molar-refractivity contribution in [2.45, 2.75) is 13.8 Å². The Kier molecular flexibility index (Phi) is 7.07. The standard InChI is InChI=1S/C25H18Cl2N6O2S2/c1-13-3-4-15(23-32-33-14(2)30-31-25(33)37-23)11-20(13)28-24(36)29-22(34)10-7-17-6-9-21(35-17)18-8-5-16(26)12-19(18)27/h3-12H,1-2H3,(H2,28,29,34,36)/b10-7+. The Morgan fingerprint density at radius 1 is 1.11 bits per heavy atom. The topological polar surface area (TPSA) is 97.4 Å². The normalized spacial score (nSPS) is 11.4. The molecule has 0 aliphatic rings. The number of rotatable bonds is 5. The Balaban J connectivity index is 1.23. The van der Waals surface area contributed by atoms with E-state index in [1.54, 1.807) is 40.9 Å². The summed E-state index contributed by atoms with van der Waals surface area (Å²) >= 11 is 19.0. The van der Waals surface area contributed by atoms with E-state index in [0.717, 1.165) is 32.6 Å². The van der Waals surface area contributed by atoms with E-state index in [-0.39, 0.29) is 5.11 Å². The summed E-state index contributed by atoms with van der Waals surface area (Å²) in [7, 11) is 0. The molecule has 2 aromatic carbocycles. The molecule has 0 spiro atoms. The summed E-state index contributed by atoms with van der Waals surface area (Å²) in [6.07, 6.45) is 2.89. The number of thiocarbonyl (C=S) groups is 1. The number of hydrogen-bond donors (Lipinski definition) is 2. The minimum Gasteiger partial charge on any atom is -0.457 e. The second-order valence-corrected chi connectivity index (χ2v) is 10.2. The first-order valence-electron chi connectivity index (χ1n) is 10.9. The number of amides is 1. The van der Waals surface area contributed by atoms with Crippen LogP contribution in [-0.2, 0) is 4.79 Å². The van der Waals surface area contributed by atoms with Crippen molar-refractivity contribution in [2.24, 2.45) is 0 Å². The van der Waals surface area contributed by atoms with Crippen molar-refractivity contribution in [2.75, 3.05) is 5.32 Å². The van der Waals surface area contributed by atoms with Crippen molar-refractivity contribution < 1.29 is 9.21 Å². The molecule has 0 aliphatic carbocycles. The second-order valence-electron chi connectivity index (χ2n) is 7.98. The first-order valence-corrected chi connectivity index (χ1v) is 12.9.